The number of carbonyl (C=O) groups is 3. The van der Waals surface area contributed by atoms with Gasteiger partial charge in [-0.05, 0) is 57.0 Å². The van der Waals surface area contributed by atoms with Crippen LogP contribution in [0.5, 0.6) is 5.75 Å². The predicted octanol–water partition coefficient (Wildman–Crippen LogP) is 4.43. The summed E-state index contributed by atoms with van der Waals surface area (Å²) in [5.74, 6) is -0.988. The van der Waals surface area contributed by atoms with Crippen LogP contribution in [0, 0.1) is 6.92 Å². The molecular formula is C23H27NO7S. The third kappa shape index (κ3) is 6.93. The first-order chi connectivity index (χ1) is 15.3. The van der Waals surface area contributed by atoms with Crippen LogP contribution in [-0.4, -0.2) is 44.5 Å². The topological polar surface area (TPSA) is 100 Å². The first-order valence-electron chi connectivity index (χ1n) is 9.99. The number of carbonyl (C=O) groups excluding carboxylic acids is 3. The lowest BCUT2D eigenvalue weighted by molar-refractivity contribution is -0.111. The van der Waals surface area contributed by atoms with Crippen molar-refractivity contribution in [3.05, 3.63) is 51.9 Å². The quantitative estimate of drug-likeness (QED) is 0.317. The van der Waals surface area contributed by atoms with Crippen molar-refractivity contribution in [3.8, 4) is 5.75 Å². The molecule has 2 aromatic rings. The Hall–Kier alpha value is -3.17. The van der Waals surface area contributed by atoms with E-state index in [0.717, 1.165) is 16.9 Å². The second kappa shape index (κ2) is 12.0. The van der Waals surface area contributed by atoms with E-state index in [0.29, 0.717) is 11.3 Å². The number of hydrogen-bond acceptors (Lipinski definition) is 8. The number of benzene rings is 1. The van der Waals surface area contributed by atoms with Crippen LogP contribution in [0.25, 0.3) is 6.08 Å². The molecule has 0 saturated carbocycles. The molecule has 2 rings (SSSR count). The van der Waals surface area contributed by atoms with Crippen molar-refractivity contribution in [2.45, 2.75) is 33.8 Å². The van der Waals surface area contributed by atoms with Gasteiger partial charge in [0.1, 0.15) is 15.6 Å². The summed E-state index contributed by atoms with van der Waals surface area (Å²) < 4.78 is 20.5. The van der Waals surface area contributed by atoms with Crippen molar-refractivity contribution in [3.63, 3.8) is 0 Å². The fourth-order valence-corrected chi connectivity index (χ4v) is 3.72. The van der Waals surface area contributed by atoms with Crippen LogP contribution >= 0.6 is 11.3 Å². The fourth-order valence-electron chi connectivity index (χ4n) is 2.64. The summed E-state index contributed by atoms with van der Waals surface area (Å²) >= 11 is 0.980. The van der Waals surface area contributed by atoms with Crippen molar-refractivity contribution in [2.24, 2.45) is 0 Å². The minimum Gasteiger partial charge on any atom is -0.468 e. The lowest BCUT2D eigenvalue weighted by Gasteiger charge is -2.07. The third-order valence-corrected chi connectivity index (χ3v) is 5.23. The number of esters is 2. The molecule has 0 aliphatic rings. The number of anilines is 1. The maximum atomic E-state index is 12.5. The summed E-state index contributed by atoms with van der Waals surface area (Å²) in [6.45, 7) is 7.08. The number of methoxy groups -OCH3 is 1. The van der Waals surface area contributed by atoms with E-state index < -0.39 is 17.8 Å². The van der Waals surface area contributed by atoms with Crippen molar-refractivity contribution in [2.75, 3.05) is 25.8 Å². The highest BCUT2D eigenvalue weighted by molar-refractivity contribution is 7.18. The molecular weight excluding hydrogens is 434 g/mol. The molecule has 1 amide bonds. The molecule has 0 atom stereocenters. The second-order valence-electron chi connectivity index (χ2n) is 6.88. The number of nitrogens with one attached hydrogen (secondary N) is 1. The maximum absolute atomic E-state index is 12.5. The van der Waals surface area contributed by atoms with E-state index >= 15 is 0 Å². The van der Waals surface area contributed by atoms with Gasteiger partial charge < -0.3 is 24.3 Å². The zero-order valence-corrected chi connectivity index (χ0v) is 19.5. The molecule has 0 unspecified atom stereocenters. The molecule has 0 aliphatic heterocycles. The Bertz CT molecular complexity index is 977. The Kier molecular flexibility index (Phi) is 9.42. The molecule has 0 radical (unpaired) electrons. The number of thiophene rings is 1. The minimum atomic E-state index is -0.615. The number of hydrogen-bond donors (Lipinski definition) is 1. The van der Waals surface area contributed by atoms with Gasteiger partial charge in [0.15, 0.2) is 6.79 Å². The second-order valence-corrected chi connectivity index (χ2v) is 7.90. The van der Waals surface area contributed by atoms with E-state index in [9.17, 15) is 14.4 Å². The fraction of sp³-hybridized carbons (Fsp3) is 0.348. The van der Waals surface area contributed by atoms with Crippen LogP contribution in [0.1, 0.15) is 51.9 Å². The Balaban J connectivity index is 2.20. The van der Waals surface area contributed by atoms with Crippen LogP contribution < -0.4 is 10.1 Å². The van der Waals surface area contributed by atoms with Crippen molar-refractivity contribution < 1.29 is 33.3 Å². The van der Waals surface area contributed by atoms with E-state index in [2.05, 4.69) is 5.32 Å². The van der Waals surface area contributed by atoms with Crippen LogP contribution in [0.2, 0.25) is 0 Å². The van der Waals surface area contributed by atoms with Crippen LogP contribution in [0.3, 0.4) is 0 Å². The normalized spacial score (nSPS) is 10.9. The highest BCUT2D eigenvalue weighted by Crippen LogP contribution is 2.34. The molecule has 32 heavy (non-hydrogen) atoms. The molecule has 1 aromatic heterocycles. The molecule has 172 valence electrons. The van der Waals surface area contributed by atoms with Gasteiger partial charge >= 0.3 is 11.9 Å². The molecule has 0 aliphatic carbocycles. The first-order valence-corrected chi connectivity index (χ1v) is 10.8. The molecule has 8 nitrogen and oxygen atoms in total. The Labute approximate surface area is 191 Å². The summed E-state index contributed by atoms with van der Waals surface area (Å²) in [5.41, 5.74) is 1.33. The summed E-state index contributed by atoms with van der Waals surface area (Å²) in [4.78, 5) is 37.6. The predicted molar refractivity (Wildman–Crippen MR) is 122 cm³/mol. The lowest BCUT2D eigenvalue weighted by Crippen LogP contribution is -2.13. The molecule has 0 fully saturated rings. The minimum absolute atomic E-state index is 0.146. The highest BCUT2D eigenvalue weighted by atomic mass is 32.1. The number of rotatable bonds is 10. The van der Waals surface area contributed by atoms with Gasteiger partial charge in [-0.25, -0.2) is 9.59 Å². The largest absolute Gasteiger partial charge is 0.468 e. The molecule has 1 heterocycles. The lowest BCUT2D eigenvalue weighted by atomic mass is 10.1. The maximum Gasteiger partial charge on any atom is 0.348 e. The van der Waals surface area contributed by atoms with Crippen molar-refractivity contribution in [1.82, 2.24) is 0 Å². The molecule has 0 saturated heterocycles. The van der Waals surface area contributed by atoms with E-state index in [1.807, 2.05) is 0 Å². The van der Waals surface area contributed by atoms with Gasteiger partial charge in [-0.2, -0.15) is 0 Å². The van der Waals surface area contributed by atoms with Gasteiger partial charge in [0, 0.05) is 13.2 Å². The van der Waals surface area contributed by atoms with Gasteiger partial charge in [-0.1, -0.05) is 12.1 Å². The highest BCUT2D eigenvalue weighted by Gasteiger charge is 2.27. The molecule has 0 bridgehead atoms. The standard InChI is InChI=1S/C23H27NO7S/c1-6-29-22(26)19-15(4)20(23(27)31-14(2)3)32-21(19)24-18(25)12-9-16-7-10-17(11-8-16)30-13-28-5/h7-12,14H,6,13H2,1-5H3,(H,24,25)/b12-9+. The van der Waals surface area contributed by atoms with Crippen LogP contribution in [0.15, 0.2) is 30.3 Å². The first kappa shape index (κ1) is 25.1. The van der Waals surface area contributed by atoms with Crippen LogP contribution in [-0.2, 0) is 19.0 Å². The number of ether oxygens (including phenoxy) is 4. The molecule has 1 N–H and O–H groups in total. The summed E-state index contributed by atoms with van der Waals surface area (Å²) in [7, 11) is 1.54. The van der Waals surface area contributed by atoms with E-state index in [1.54, 1.807) is 58.0 Å². The van der Waals surface area contributed by atoms with Crippen molar-refractivity contribution in [1.29, 1.82) is 0 Å². The average molecular weight is 462 g/mol. The summed E-state index contributed by atoms with van der Waals surface area (Å²) in [6.07, 6.45) is 2.64. The van der Waals surface area contributed by atoms with E-state index in [4.69, 9.17) is 18.9 Å². The van der Waals surface area contributed by atoms with Gasteiger partial charge in [0.25, 0.3) is 0 Å². The number of amides is 1. The molecule has 9 heteroatoms. The average Bonchev–Trinajstić information content (AvgIpc) is 3.07. The van der Waals surface area contributed by atoms with E-state index in [1.165, 1.54) is 13.2 Å². The summed E-state index contributed by atoms with van der Waals surface area (Å²) in [6, 6.07) is 7.08. The zero-order chi connectivity index (χ0) is 23.7. The Morgan fingerprint density at radius 2 is 1.81 bits per heavy atom. The van der Waals surface area contributed by atoms with Gasteiger partial charge in [0.05, 0.1) is 18.3 Å². The van der Waals surface area contributed by atoms with E-state index in [-0.39, 0.29) is 34.9 Å². The monoisotopic (exact) mass is 461 g/mol. The summed E-state index contributed by atoms with van der Waals surface area (Å²) in [5, 5.41) is 2.90. The van der Waals surface area contributed by atoms with Crippen molar-refractivity contribution >= 4 is 40.3 Å². The van der Waals surface area contributed by atoms with Gasteiger partial charge in [0.2, 0.25) is 5.91 Å². The Morgan fingerprint density at radius 3 is 2.41 bits per heavy atom. The molecule has 1 aromatic carbocycles. The zero-order valence-electron chi connectivity index (χ0n) is 18.7. The van der Waals surface area contributed by atoms with Crippen LogP contribution in [0.4, 0.5) is 5.00 Å². The Morgan fingerprint density at radius 1 is 1.12 bits per heavy atom. The van der Waals surface area contributed by atoms with Gasteiger partial charge in [-0.3, -0.25) is 4.79 Å². The smallest absolute Gasteiger partial charge is 0.348 e. The SMILES string of the molecule is CCOC(=O)c1c(NC(=O)/C=C/c2ccc(OCOC)cc2)sc(C(=O)OC(C)C)c1C. The van der Waals surface area contributed by atoms with Gasteiger partial charge in [-0.15, -0.1) is 11.3 Å². The molecule has 0 spiro atoms. The third-order valence-electron chi connectivity index (χ3n) is 4.04.